The maximum absolute atomic E-state index is 11.5. The number of ether oxygens (including phenoxy) is 2. The van der Waals surface area contributed by atoms with E-state index in [0.717, 1.165) is 42.4 Å². The van der Waals surface area contributed by atoms with E-state index < -0.39 is 0 Å². The van der Waals surface area contributed by atoms with Crippen LogP contribution in [0.4, 0.5) is 0 Å². The van der Waals surface area contributed by atoms with Crippen LogP contribution >= 0.6 is 0 Å². The summed E-state index contributed by atoms with van der Waals surface area (Å²) in [4.78, 5) is 25.2. The van der Waals surface area contributed by atoms with Crippen molar-refractivity contribution < 1.29 is 19.1 Å². The Labute approximate surface area is 148 Å². The van der Waals surface area contributed by atoms with Gasteiger partial charge in [-0.2, -0.15) is 0 Å². The van der Waals surface area contributed by atoms with E-state index in [-0.39, 0.29) is 11.9 Å². The third-order valence-electron chi connectivity index (χ3n) is 4.15. The fraction of sp³-hybridized carbons (Fsp3) is 0.400. The van der Waals surface area contributed by atoms with Crippen LogP contribution in [0.25, 0.3) is 10.8 Å². The molecule has 0 aromatic heterocycles. The number of nitrogens with zero attached hydrogens (tertiary/aromatic N) is 1. The first-order valence-electron chi connectivity index (χ1n) is 8.60. The molecule has 0 aliphatic carbocycles. The number of hydrogen-bond acceptors (Lipinski definition) is 5. The summed E-state index contributed by atoms with van der Waals surface area (Å²) in [6.45, 7) is 9.89. The number of likely N-dealkylation sites (N-methyl/N-ethyl adjacent to an activating group) is 1. The molecule has 0 saturated carbocycles. The van der Waals surface area contributed by atoms with Crippen LogP contribution in [0.15, 0.2) is 30.3 Å². The summed E-state index contributed by atoms with van der Waals surface area (Å²) in [5.74, 6) is 0.215. The highest BCUT2D eigenvalue weighted by molar-refractivity contribution is 5.98. The predicted octanol–water partition coefficient (Wildman–Crippen LogP) is 3.57. The summed E-state index contributed by atoms with van der Waals surface area (Å²) >= 11 is 0. The number of hydrogen-bond donors (Lipinski definition) is 0. The molecule has 5 heteroatoms. The van der Waals surface area contributed by atoms with E-state index in [1.54, 1.807) is 18.2 Å². The third kappa shape index (κ3) is 4.79. The van der Waals surface area contributed by atoms with Gasteiger partial charge in [-0.05, 0) is 37.2 Å². The summed E-state index contributed by atoms with van der Waals surface area (Å²) in [5, 5.41) is 1.59. The lowest BCUT2D eigenvalue weighted by Gasteiger charge is -2.19. The molecule has 0 radical (unpaired) electrons. The Hall–Kier alpha value is -2.40. The van der Waals surface area contributed by atoms with E-state index in [1.165, 1.54) is 13.8 Å². The molecule has 2 rings (SSSR count). The van der Waals surface area contributed by atoms with E-state index >= 15 is 0 Å². The van der Waals surface area contributed by atoms with Crippen LogP contribution < -0.4 is 9.47 Å². The number of benzene rings is 2. The van der Waals surface area contributed by atoms with Gasteiger partial charge in [-0.15, -0.1) is 0 Å². The van der Waals surface area contributed by atoms with Crippen LogP contribution in [0, 0.1) is 0 Å². The minimum absolute atomic E-state index is 0.375. The molecule has 25 heavy (non-hydrogen) atoms. The number of carbonyl (C=O) groups is 2. The van der Waals surface area contributed by atoms with E-state index in [4.69, 9.17) is 9.47 Å². The zero-order valence-electron chi connectivity index (χ0n) is 15.3. The molecule has 0 fully saturated rings. The van der Waals surface area contributed by atoms with Crippen LogP contribution in [0.5, 0.6) is 11.5 Å². The van der Waals surface area contributed by atoms with Crippen molar-refractivity contribution >= 4 is 22.7 Å². The second kappa shape index (κ2) is 8.62. The minimum Gasteiger partial charge on any atom is -0.426 e. The summed E-state index contributed by atoms with van der Waals surface area (Å²) in [5.41, 5.74) is 1.06. The number of carbonyl (C=O) groups excluding carboxylic acids is 2. The predicted molar refractivity (Wildman–Crippen MR) is 98.1 cm³/mol. The molecule has 0 unspecified atom stereocenters. The van der Waals surface area contributed by atoms with Gasteiger partial charge in [0.25, 0.3) is 0 Å². The van der Waals surface area contributed by atoms with Crippen LogP contribution in [-0.2, 0) is 16.0 Å². The quantitative estimate of drug-likeness (QED) is 0.568. The fourth-order valence-corrected chi connectivity index (χ4v) is 2.93. The number of esters is 2. The lowest BCUT2D eigenvalue weighted by atomic mass is 10.00. The average molecular weight is 343 g/mol. The third-order valence-corrected chi connectivity index (χ3v) is 4.15. The molecule has 5 nitrogen and oxygen atoms in total. The summed E-state index contributed by atoms with van der Waals surface area (Å²) < 4.78 is 10.7. The highest BCUT2D eigenvalue weighted by Crippen LogP contribution is 2.35. The van der Waals surface area contributed by atoms with Gasteiger partial charge in [0.05, 0.1) is 0 Å². The molecule has 0 amide bonds. The second-order valence-electron chi connectivity index (χ2n) is 5.87. The Morgan fingerprint density at radius 2 is 1.56 bits per heavy atom. The molecule has 0 aliphatic heterocycles. The van der Waals surface area contributed by atoms with Crippen LogP contribution in [-0.4, -0.2) is 36.5 Å². The summed E-state index contributed by atoms with van der Waals surface area (Å²) in [6, 6.07) is 9.18. The molecular formula is C20H25NO4. The second-order valence-corrected chi connectivity index (χ2v) is 5.87. The standard InChI is InChI=1S/C20H25NO4/c1-5-21(6-2)13-12-16-10-11-18(24-14(3)22)17-8-7-9-19(20(16)17)25-15(4)23/h7-11H,5-6,12-13H2,1-4H3. The first-order chi connectivity index (χ1) is 12.0. The highest BCUT2D eigenvalue weighted by atomic mass is 16.5. The van der Waals surface area contributed by atoms with Gasteiger partial charge in [0.1, 0.15) is 11.5 Å². The van der Waals surface area contributed by atoms with Crippen molar-refractivity contribution in [3.63, 3.8) is 0 Å². The van der Waals surface area contributed by atoms with Crippen molar-refractivity contribution in [2.24, 2.45) is 0 Å². The zero-order valence-corrected chi connectivity index (χ0v) is 15.3. The Balaban J connectivity index is 2.52. The monoisotopic (exact) mass is 343 g/mol. The van der Waals surface area contributed by atoms with Gasteiger partial charge >= 0.3 is 11.9 Å². The Bertz CT molecular complexity index is 766. The smallest absolute Gasteiger partial charge is 0.308 e. The zero-order chi connectivity index (χ0) is 18.4. The first-order valence-corrected chi connectivity index (χ1v) is 8.60. The van der Waals surface area contributed by atoms with E-state index in [1.807, 2.05) is 12.1 Å². The Morgan fingerprint density at radius 3 is 2.16 bits per heavy atom. The van der Waals surface area contributed by atoms with Gasteiger partial charge in [0, 0.05) is 31.2 Å². The topological polar surface area (TPSA) is 55.8 Å². The van der Waals surface area contributed by atoms with E-state index in [2.05, 4.69) is 18.7 Å². The van der Waals surface area contributed by atoms with Gasteiger partial charge in [0.15, 0.2) is 0 Å². The van der Waals surface area contributed by atoms with Crippen molar-refractivity contribution in [3.05, 3.63) is 35.9 Å². The lowest BCUT2D eigenvalue weighted by Crippen LogP contribution is -2.25. The molecule has 0 N–H and O–H groups in total. The molecule has 0 aliphatic rings. The van der Waals surface area contributed by atoms with Crippen molar-refractivity contribution in [2.45, 2.75) is 34.1 Å². The molecule has 0 spiro atoms. The van der Waals surface area contributed by atoms with Gasteiger partial charge in [-0.3, -0.25) is 9.59 Å². The summed E-state index contributed by atoms with van der Waals surface area (Å²) in [6.07, 6.45) is 0.816. The van der Waals surface area contributed by atoms with Crippen molar-refractivity contribution in [2.75, 3.05) is 19.6 Å². The molecule has 2 aromatic carbocycles. The fourth-order valence-electron chi connectivity index (χ4n) is 2.93. The van der Waals surface area contributed by atoms with Crippen LogP contribution in [0.2, 0.25) is 0 Å². The van der Waals surface area contributed by atoms with Crippen molar-refractivity contribution in [1.82, 2.24) is 4.90 Å². The average Bonchev–Trinajstić information content (AvgIpc) is 2.56. The van der Waals surface area contributed by atoms with Crippen LogP contribution in [0.3, 0.4) is 0 Å². The maximum atomic E-state index is 11.5. The normalized spacial score (nSPS) is 10.9. The van der Waals surface area contributed by atoms with Gasteiger partial charge in [-0.25, -0.2) is 0 Å². The maximum Gasteiger partial charge on any atom is 0.308 e. The van der Waals surface area contributed by atoms with Crippen LogP contribution in [0.1, 0.15) is 33.3 Å². The molecule has 2 aromatic rings. The molecule has 134 valence electrons. The van der Waals surface area contributed by atoms with Crippen molar-refractivity contribution in [1.29, 1.82) is 0 Å². The van der Waals surface area contributed by atoms with Crippen molar-refractivity contribution in [3.8, 4) is 11.5 Å². The van der Waals surface area contributed by atoms with E-state index in [0.29, 0.717) is 11.5 Å². The van der Waals surface area contributed by atoms with E-state index in [9.17, 15) is 9.59 Å². The summed E-state index contributed by atoms with van der Waals surface area (Å²) in [7, 11) is 0. The van der Waals surface area contributed by atoms with Gasteiger partial charge < -0.3 is 14.4 Å². The Morgan fingerprint density at radius 1 is 0.920 bits per heavy atom. The SMILES string of the molecule is CCN(CC)CCc1ccc(OC(C)=O)c2cccc(OC(C)=O)c12. The molecule has 0 saturated heterocycles. The Kier molecular flexibility index (Phi) is 6.53. The molecule has 0 heterocycles. The lowest BCUT2D eigenvalue weighted by molar-refractivity contribution is -0.132. The van der Waals surface area contributed by atoms with Gasteiger partial charge in [-0.1, -0.05) is 32.0 Å². The number of rotatable bonds is 7. The first kappa shape index (κ1) is 18.9. The minimum atomic E-state index is -0.380. The van der Waals surface area contributed by atoms with Gasteiger partial charge in [0.2, 0.25) is 0 Å². The molecule has 0 atom stereocenters. The highest BCUT2D eigenvalue weighted by Gasteiger charge is 2.15. The molecule has 0 bridgehead atoms. The number of fused-ring (bicyclic) bond motifs is 1. The largest absolute Gasteiger partial charge is 0.426 e. The molecular weight excluding hydrogens is 318 g/mol.